The Bertz CT molecular complexity index is 1080. The Kier molecular flexibility index (Phi) is 4.72. The number of hydrogen-bond acceptors (Lipinski definition) is 5. The molecule has 0 unspecified atom stereocenters. The van der Waals surface area contributed by atoms with Crippen LogP contribution in [0.3, 0.4) is 0 Å². The second kappa shape index (κ2) is 7.20. The van der Waals surface area contributed by atoms with Crippen LogP contribution < -0.4 is 10.1 Å². The summed E-state index contributed by atoms with van der Waals surface area (Å²) in [6, 6.07) is 4.67. The van der Waals surface area contributed by atoms with E-state index < -0.39 is 0 Å². The second-order valence-corrected chi connectivity index (χ2v) is 6.87. The third-order valence-electron chi connectivity index (χ3n) is 4.87. The smallest absolute Gasteiger partial charge is 0.253 e. The van der Waals surface area contributed by atoms with Crippen molar-refractivity contribution in [3.63, 3.8) is 0 Å². The zero-order valence-corrected chi connectivity index (χ0v) is 16.0. The van der Waals surface area contributed by atoms with Gasteiger partial charge in [-0.2, -0.15) is 5.10 Å². The van der Waals surface area contributed by atoms with Crippen molar-refractivity contribution in [2.24, 2.45) is 7.05 Å². The summed E-state index contributed by atoms with van der Waals surface area (Å²) in [5.41, 5.74) is 4.12. The number of carbonyl (C=O) groups is 1. The minimum atomic E-state index is -0.341. The van der Waals surface area contributed by atoms with Crippen molar-refractivity contribution in [2.45, 2.75) is 26.9 Å². The van der Waals surface area contributed by atoms with Gasteiger partial charge in [-0.25, -0.2) is 9.37 Å². The standard InChI is InChI=1S/C20H21FN4O3/c1-11-17(8-16-12(2)24-25(3)19(16)23-11)20(26)22-5-4-13-6-15(21)7-14-9-27-10-28-18(13)14/h6-8H,4-5,9-10H2,1-3H3,(H,22,26). The van der Waals surface area contributed by atoms with Gasteiger partial charge in [0.15, 0.2) is 12.4 Å². The summed E-state index contributed by atoms with van der Waals surface area (Å²) >= 11 is 0. The molecule has 0 saturated heterocycles. The maximum Gasteiger partial charge on any atom is 0.253 e. The number of nitrogens with one attached hydrogen (secondary N) is 1. The molecule has 0 aliphatic carbocycles. The van der Waals surface area contributed by atoms with Crippen molar-refractivity contribution in [3.8, 4) is 5.75 Å². The van der Waals surface area contributed by atoms with Crippen LogP contribution in [-0.4, -0.2) is 34.0 Å². The van der Waals surface area contributed by atoms with Gasteiger partial charge < -0.3 is 14.8 Å². The highest BCUT2D eigenvalue weighted by molar-refractivity contribution is 5.98. The van der Waals surface area contributed by atoms with Gasteiger partial charge >= 0.3 is 0 Å². The Hall–Kier alpha value is -3.00. The molecule has 3 heterocycles. The number of carbonyl (C=O) groups excluding carboxylic acids is 1. The summed E-state index contributed by atoms with van der Waals surface area (Å²) in [5.74, 6) is 0.0866. The van der Waals surface area contributed by atoms with Crippen molar-refractivity contribution >= 4 is 16.9 Å². The van der Waals surface area contributed by atoms with Crippen molar-refractivity contribution < 1.29 is 18.7 Å². The van der Waals surface area contributed by atoms with E-state index >= 15 is 0 Å². The quantitative estimate of drug-likeness (QED) is 0.748. The van der Waals surface area contributed by atoms with E-state index in [9.17, 15) is 9.18 Å². The van der Waals surface area contributed by atoms with E-state index in [1.165, 1.54) is 12.1 Å². The molecule has 0 radical (unpaired) electrons. The molecule has 4 rings (SSSR count). The van der Waals surface area contributed by atoms with Crippen molar-refractivity contribution in [1.82, 2.24) is 20.1 Å². The molecule has 0 fully saturated rings. The van der Waals surface area contributed by atoms with Crippen LogP contribution in [0.1, 0.15) is 32.9 Å². The lowest BCUT2D eigenvalue weighted by Crippen LogP contribution is -2.27. The van der Waals surface area contributed by atoms with Gasteiger partial charge in [-0.15, -0.1) is 0 Å². The van der Waals surface area contributed by atoms with Crippen LogP contribution in [-0.2, 0) is 24.8 Å². The zero-order chi connectivity index (χ0) is 19.8. The molecule has 0 spiro atoms. The van der Waals surface area contributed by atoms with Gasteiger partial charge in [0, 0.05) is 24.5 Å². The molecular formula is C20H21FN4O3. The van der Waals surface area contributed by atoms with Gasteiger partial charge in [0.1, 0.15) is 11.6 Å². The SMILES string of the molecule is Cc1nc2c(cc1C(=O)NCCc1cc(F)cc3c1OCOC3)c(C)nn2C. The average Bonchev–Trinajstić information content (AvgIpc) is 2.93. The molecule has 2 aromatic heterocycles. The highest BCUT2D eigenvalue weighted by Gasteiger charge is 2.18. The molecule has 146 valence electrons. The van der Waals surface area contributed by atoms with Crippen LogP contribution in [0.4, 0.5) is 4.39 Å². The minimum Gasteiger partial charge on any atom is -0.467 e. The predicted octanol–water partition coefficient (Wildman–Crippen LogP) is 2.56. The number of aromatic nitrogens is 3. The number of fused-ring (bicyclic) bond motifs is 2. The minimum absolute atomic E-state index is 0.146. The topological polar surface area (TPSA) is 78.3 Å². The maximum atomic E-state index is 13.8. The van der Waals surface area contributed by atoms with E-state index in [2.05, 4.69) is 15.4 Å². The molecule has 1 amide bonds. The Labute approximate surface area is 161 Å². The first-order chi connectivity index (χ1) is 13.4. The molecule has 1 aliphatic heterocycles. The molecule has 3 aromatic rings. The van der Waals surface area contributed by atoms with Crippen molar-refractivity contribution in [1.29, 1.82) is 0 Å². The first kappa shape index (κ1) is 18.4. The number of pyridine rings is 1. The first-order valence-electron chi connectivity index (χ1n) is 9.05. The average molecular weight is 384 g/mol. The number of nitrogens with zero attached hydrogens (tertiary/aromatic N) is 3. The van der Waals surface area contributed by atoms with Crippen LogP contribution in [0, 0.1) is 19.7 Å². The number of rotatable bonds is 4. The Morgan fingerprint density at radius 1 is 1.29 bits per heavy atom. The summed E-state index contributed by atoms with van der Waals surface area (Å²) < 4.78 is 26.2. The van der Waals surface area contributed by atoms with Crippen molar-refractivity contribution in [3.05, 3.63) is 52.1 Å². The van der Waals surface area contributed by atoms with Crippen LogP contribution in [0.5, 0.6) is 5.75 Å². The monoisotopic (exact) mass is 384 g/mol. The predicted molar refractivity (Wildman–Crippen MR) is 101 cm³/mol. The van der Waals surface area contributed by atoms with E-state index in [0.717, 1.165) is 16.7 Å². The third kappa shape index (κ3) is 3.31. The highest BCUT2D eigenvalue weighted by atomic mass is 19.1. The molecule has 7 nitrogen and oxygen atoms in total. The van der Waals surface area contributed by atoms with E-state index in [0.29, 0.717) is 47.7 Å². The van der Waals surface area contributed by atoms with Crippen molar-refractivity contribution in [2.75, 3.05) is 13.3 Å². The van der Waals surface area contributed by atoms with Gasteiger partial charge in [0.05, 0.1) is 23.6 Å². The first-order valence-corrected chi connectivity index (χ1v) is 9.05. The molecular weight excluding hydrogens is 363 g/mol. The normalized spacial score (nSPS) is 13.3. The Morgan fingerprint density at radius 2 is 2.11 bits per heavy atom. The van der Waals surface area contributed by atoms with Gasteiger partial charge in [-0.1, -0.05) is 0 Å². The fourth-order valence-electron chi connectivity index (χ4n) is 3.51. The van der Waals surface area contributed by atoms with Crippen LogP contribution >= 0.6 is 0 Å². The highest BCUT2D eigenvalue weighted by Crippen LogP contribution is 2.29. The fourth-order valence-corrected chi connectivity index (χ4v) is 3.51. The molecule has 8 heteroatoms. The molecule has 0 saturated carbocycles. The summed E-state index contributed by atoms with van der Waals surface area (Å²) in [6.45, 7) is 4.50. The molecule has 0 atom stereocenters. The molecule has 0 bridgehead atoms. The second-order valence-electron chi connectivity index (χ2n) is 6.87. The van der Waals surface area contributed by atoms with Crippen LogP contribution in [0.2, 0.25) is 0 Å². The molecule has 28 heavy (non-hydrogen) atoms. The number of ether oxygens (including phenoxy) is 2. The number of hydrogen-bond donors (Lipinski definition) is 1. The Balaban J connectivity index is 1.50. The summed E-state index contributed by atoms with van der Waals surface area (Å²) in [6.07, 6.45) is 0.451. The molecule has 1 aliphatic rings. The van der Waals surface area contributed by atoms with Gasteiger partial charge in [0.25, 0.3) is 5.91 Å². The Morgan fingerprint density at radius 3 is 2.93 bits per heavy atom. The van der Waals surface area contributed by atoms with E-state index in [-0.39, 0.29) is 18.5 Å². The molecule has 1 N–H and O–H groups in total. The van der Waals surface area contributed by atoms with Gasteiger partial charge in [-0.05, 0) is 44.0 Å². The third-order valence-corrected chi connectivity index (χ3v) is 4.87. The zero-order valence-electron chi connectivity index (χ0n) is 16.0. The van der Waals surface area contributed by atoms with E-state index in [1.54, 1.807) is 11.6 Å². The summed E-state index contributed by atoms with van der Waals surface area (Å²) in [4.78, 5) is 17.2. The lowest BCUT2D eigenvalue weighted by molar-refractivity contribution is -0.0172. The largest absolute Gasteiger partial charge is 0.467 e. The lowest BCUT2D eigenvalue weighted by Gasteiger charge is -2.21. The van der Waals surface area contributed by atoms with Gasteiger partial charge in [0.2, 0.25) is 0 Å². The van der Waals surface area contributed by atoms with Gasteiger partial charge in [-0.3, -0.25) is 9.48 Å². The van der Waals surface area contributed by atoms with E-state index in [4.69, 9.17) is 9.47 Å². The number of aryl methyl sites for hydroxylation is 3. The van der Waals surface area contributed by atoms with Crippen LogP contribution in [0.15, 0.2) is 18.2 Å². The molecule has 1 aromatic carbocycles. The fraction of sp³-hybridized carbons (Fsp3) is 0.350. The summed E-state index contributed by atoms with van der Waals surface area (Å²) in [7, 11) is 1.83. The number of benzene rings is 1. The number of halogens is 1. The number of amides is 1. The van der Waals surface area contributed by atoms with Crippen LogP contribution in [0.25, 0.3) is 11.0 Å². The van der Waals surface area contributed by atoms with E-state index in [1.807, 2.05) is 20.0 Å². The summed E-state index contributed by atoms with van der Waals surface area (Å²) in [5, 5.41) is 8.09. The lowest BCUT2D eigenvalue weighted by atomic mass is 10.0. The maximum absolute atomic E-state index is 13.8.